The molecule has 0 aliphatic heterocycles. The van der Waals surface area contributed by atoms with Crippen molar-refractivity contribution >= 4 is 35.6 Å². The van der Waals surface area contributed by atoms with Gasteiger partial charge in [-0.2, -0.15) is 10.2 Å². The number of hydrogen-bond acceptors (Lipinski definition) is 4. The zero-order valence-corrected chi connectivity index (χ0v) is 13.5. The average molecular weight is 322 g/mol. The Hall–Kier alpha value is -3.28. The van der Waals surface area contributed by atoms with Crippen molar-refractivity contribution in [2.75, 3.05) is 10.6 Å². The molecule has 0 atom stereocenters. The first-order chi connectivity index (χ1) is 11.5. The number of benzene rings is 2. The second kappa shape index (κ2) is 8.38. The van der Waals surface area contributed by atoms with Crippen molar-refractivity contribution in [2.24, 2.45) is 10.2 Å². The van der Waals surface area contributed by atoms with Crippen LogP contribution in [0.2, 0.25) is 0 Å². The Labute approximate surface area is 140 Å². The van der Waals surface area contributed by atoms with Gasteiger partial charge in [0.2, 0.25) is 11.8 Å². The van der Waals surface area contributed by atoms with Crippen LogP contribution in [0.3, 0.4) is 0 Å². The van der Waals surface area contributed by atoms with Crippen LogP contribution in [0.15, 0.2) is 58.7 Å². The van der Waals surface area contributed by atoms with Crippen LogP contribution < -0.4 is 10.6 Å². The standard InChI is InChI=1S/C18H18N4O2/c1-13(23)21-17-7-3-15(4-8-17)11-19-20-12-16-5-9-18(10-6-16)22-14(2)24/h3-12H,1-2H3,(H,21,23)(H,22,24)/b19-11+,20-12?. The fraction of sp³-hybridized carbons (Fsp3) is 0.111. The summed E-state index contributed by atoms with van der Waals surface area (Å²) in [6, 6.07) is 14.6. The molecule has 0 radical (unpaired) electrons. The molecule has 2 rings (SSSR count). The lowest BCUT2D eigenvalue weighted by Gasteiger charge is -2.01. The minimum absolute atomic E-state index is 0.106. The van der Waals surface area contributed by atoms with E-state index in [0.29, 0.717) is 0 Å². The topological polar surface area (TPSA) is 82.9 Å². The highest BCUT2D eigenvalue weighted by atomic mass is 16.2. The van der Waals surface area contributed by atoms with E-state index in [0.717, 1.165) is 22.5 Å². The highest BCUT2D eigenvalue weighted by Gasteiger charge is 1.95. The molecule has 6 heteroatoms. The van der Waals surface area contributed by atoms with Gasteiger partial charge in [0.25, 0.3) is 0 Å². The normalized spacial score (nSPS) is 10.9. The van der Waals surface area contributed by atoms with Crippen molar-refractivity contribution in [2.45, 2.75) is 13.8 Å². The minimum Gasteiger partial charge on any atom is -0.326 e. The smallest absolute Gasteiger partial charge is 0.221 e. The highest BCUT2D eigenvalue weighted by molar-refractivity contribution is 5.90. The molecule has 122 valence electrons. The summed E-state index contributed by atoms with van der Waals surface area (Å²) in [5, 5.41) is 13.4. The van der Waals surface area contributed by atoms with Gasteiger partial charge in [-0.15, -0.1) is 0 Å². The summed E-state index contributed by atoms with van der Waals surface area (Å²) in [6.07, 6.45) is 3.25. The molecule has 24 heavy (non-hydrogen) atoms. The number of rotatable bonds is 5. The number of amides is 2. The zero-order chi connectivity index (χ0) is 17.4. The Balaban J connectivity index is 1.91. The third-order valence-electron chi connectivity index (χ3n) is 2.94. The van der Waals surface area contributed by atoms with Crippen molar-refractivity contribution < 1.29 is 9.59 Å². The molecule has 2 aromatic rings. The summed E-state index contributed by atoms with van der Waals surface area (Å²) < 4.78 is 0. The van der Waals surface area contributed by atoms with E-state index in [-0.39, 0.29) is 11.8 Å². The Bertz CT molecular complexity index is 695. The van der Waals surface area contributed by atoms with Crippen LogP contribution in [0.4, 0.5) is 11.4 Å². The summed E-state index contributed by atoms with van der Waals surface area (Å²) in [4.78, 5) is 21.9. The zero-order valence-electron chi connectivity index (χ0n) is 13.5. The maximum absolute atomic E-state index is 10.9. The fourth-order valence-electron chi connectivity index (χ4n) is 1.91. The second-order valence-electron chi connectivity index (χ2n) is 5.10. The largest absolute Gasteiger partial charge is 0.326 e. The molecule has 0 saturated carbocycles. The average Bonchev–Trinajstić information content (AvgIpc) is 2.53. The molecular weight excluding hydrogens is 304 g/mol. The molecule has 0 spiro atoms. The van der Waals surface area contributed by atoms with Gasteiger partial charge in [0, 0.05) is 25.2 Å². The van der Waals surface area contributed by atoms with Gasteiger partial charge < -0.3 is 10.6 Å². The first-order valence-electron chi connectivity index (χ1n) is 7.34. The Morgan fingerprint density at radius 3 is 1.33 bits per heavy atom. The van der Waals surface area contributed by atoms with Gasteiger partial charge in [0.15, 0.2) is 0 Å². The lowest BCUT2D eigenvalue weighted by atomic mass is 10.2. The van der Waals surface area contributed by atoms with E-state index in [1.165, 1.54) is 13.8 Å². The van der Waals surface area contributed by atoms with Crippen molar-refractivity contribution in [3.63, 3.8) is 0 Å². The van der Waals surface area contributed by atoms with E-state index < -0.39 is 0 Å². The maximum Gasteiger partial charge on any atom is 0.221 e. The first-order valence-corrected chi connectivity index (χ1v) is 7.34. The molecule has 0 fully saturated rings. The van der Waals surface area contributed by atoms with E-state index >= 15 is 0 Å². The van der Waals surface area contributed by atoms with Gasteiger partial charge in [0.1, 0.15) is 0 Å². The fourth-order valence-corrected chi connectivity index (χ4v) is 1.91. The van der Waals surface area contributed by atoms with E-state index in [9.17, 15) is 9.59 Å². The van der Waals surface area contributed by atoms with Crippen molar-refractivity contribution in [3.05, 3.63) is 59.7 Å². The van der Waals surface area contributed by atoms with E-state index in [2.05, 4.69) is 20.8 Å². The molecule has 2 N–H and O–H groups in total. The van der Waals surface area contributed by atoms with Crippen LogP contribution in [-0.4, -0.2) is 24.2 Å². The number of nitrogens with one attached hydrogen (secondary N) is 2. The molecule has 2 amide bonds. The van der Waals surface area contributed by atoms with Crippen LogP contribution in [0.5, 0.6) is 0 Å². The highest BCUT2D eigenvalue weighted by Crippen LogP contribution is 2.09. The van der Waals surface area contributed by atoms with Crippen LogP contribution in [0.25, 0.3) is 0 Å². The van der Waals surface area contributed by atoms with Crippen LogP contribution in [0, 0.1) is 0 Å². The Kier molecular flexibility index (Phi) is 5.96. The van der Waals surface area contributed by atoms with Gasteiger partial charge in [0.05, 0.1) is 12.4 Å². The lowest BCUT2D eigenvalue weighted by molar-refractivity contribution is -0.115. The number of anilines is 2. The molecule has 0 aliphatic carbocycles. The van der Waals surface area contributed by atoms with Crippen molar-refractivity contribution in [3.8, 4) is 0 Å². The molecule has 2 aromatic carbocycles. The van der Waals surface area contributed by atoms with Gasteiger partial charge in [-0.25, -0.2) is 0 Å². The van der Waals surface area contributed by atoms with Crippen molar-refractivity contribution in [1.29, 1.82) is 0 Å². The van der Waals surface area contributed by atoms with E-state index in [1.54, 1.807) is 36.7 Å². The molecule has 0 bridgehead atoms. The summed E-state index contributed by atoms with van der Waals surface area (Å²) in [6.45, 7) is 2.93. The van der Waals surface area contributed by atoms with Gasteiger partial charge >= 0.3 is 0 Å². The van der Waals surface area contributed by atoms with Gasteiger partial charge in [-0.05, 0) is 35.4 Å². The molecule has 0 heterocycles. The van der Waals surface area contributed by atoms with E-state index in [1.807, 2.05) is 24.3 Å². The minimum atomic E-state index is -0.106. The second-order valence-corrected chi connectivity index (χ2v) is 5.10. The first kappa shape index (κ1) is 17.1. The quantitative estimate of drug-likeness (QED) is 0.655. The summed E-state index contributed by atoms with van der Waals surface area (Å²) in [7, 11) is 0. The Morgan fingerprint density at radius 1 is 0.708 bits per heavy atom. The Morgan fingerprint density at radius 2 is 1.04 bits per heavy atom. The van der Waals surface area contributed by atoms with E-state index in [4.69, 9.17) is 0 Å². The molecule has 0 unspecified atom stereocenters. The summed E-state index contributed by atoms with van der Waals surface area (Å²) in [5.41, 5.74) is 3.23. The van der Waals surface area contributed by atoms with Crippen molar-refractivity contribution in [1.82, 2.24) is 0 Å². The third kappa shape index (κ3) is 5.84. The monoisotopic (exact) mass is 322 g/mol. The molecular formula is C18H18N4O2. The van der Waals surface area contributed by atoms with Gasteiger partial charge in [-0.1, -0.05) is 24.3 Å². The number of carbonyl (C=O) groups is 2. The number of nitrogens with zero attached hydrogens (tertiary/aromatic N) is 2. The molecule has 0 saturated heterocycles. The number of carbonyl (C=O) groups excluding carboxylic acids is 2. The van der Waals surface area contributed by atoms with Crippen LogP contribution >= 0.6 is 0 Å². The van der Waals surface area contributed by atoms with Crippen LogP contribution in [0.1, 0.15) is 25.0 Å². The lowest BCUT2D eigenvalue weighted by Crippen LogP contribution is -2.05. The summed E-state index contributed by atoms with van der Waals surface area (Å²) >= 11 is 0. The maximum atomic E-state index is 10.9. The SMILES string of the molecule is CC(=O)Nc1ccc(C=N/N=C/c2ccc(NC(C)=O)cc2)cc1. The molecule has 0 aromatic heterocycles. The van der Waals surface area contributed by atoms with Gasteiger partial charge in [-0.3, -0.25) is 9.59 Å². The number of hydrogen-bond donors (Lipinski definition) is 2. The predicted molar refractivity (Wildman–Crippen MR) is 96.7 cm³/mol. The van der Waals surface area contributed by atoms with Crippen LogP contribution in [-0.2, 0) is 9.59 Å². The molecule has 0 aliphatic rings. The molecule has 6 nitrogen and oxygen atoms in total. The predicted octanol–water partition coefficient (Wildman–Crippen LogP) is 3.06. The summed E-state index contributed by atoms with van der Waals surface area (Å²) in [5.74, 6) is -0.212. The third-order valence-corrected chi connectivity index (χ3v) is 2.94.